The maximum absolute atomic E-state index is 3.50. The van der Waals surface area contributed by atoms with Crippen molar-refractivity contribution < 1.29 is 0 Å². The summed E-state index contributed by atoms with van der Waals surface area (Å²) in [6, 6.07) is 25.3. The molecule has 18 heavy (non-hydrogen) atoms. The van der Waals surface area contributed by atoms with Crippen molar-refractivity contribution in [2.45, 2.75) is 6.54 Å². The Hall–Kier alpha value is -2.28. The van der Waals surface area contributed by atoms with Gasteiger partial charge in [0.15, 0.2) is 0 Å². The molecule has 88 valence electrons. The molecule has 3 aromatic carbocycles. The zero-order valence-corrected chi connectivity index (χ0v) is 10.1. The van der Waals surface area contributed by atoms with Crippen LogP contribution in [-0.2, 0) is 6.54 Å². The monoisotopic (exact) mass is 233 g/mol. The highest BCUT2D eigenvalue weighted by molar-refractivity contribution is 5.93. The molecule has 0 aliphatic carbocycles. The van der Waals surface area contributed by atoms with Crippen LogP contribution in [-0.4, -0.2) is 0 Å². The zero-order valence-electron chi connectivity index (χ0n) is 10.1. The van der Waals surface area contributed by atoms with Crippen LogP contribution >= 0.6 is 0 Å². The molecule has 0 amide bonds. The van der Waals surface area contributed by atoms with E-state index in [0.717, 1.165) is 6.54 Å². The Bertz CT molecular complexity index is 639. The third kappa shape index (κ3) is 2.21. The largest absolute Gasteiger partial charge is 0.380 e. The topological polar surface area (TPSA) is 12.0 Å². The highest BCUT2D eigenvalue weighted by Gasteiger charge is 1.99. The quantitative estimate of drug-likeness (QED) is 0.704. The average Bonchev–Trinajstić information content (AvgIpc) is 2.46. The first-order chi connectivity index (χ1) is 8.93. The number of hydrogen-bond donors (Lipinski definition) is 1. The molecule has 1 nitrogen and oxygen atoms in total. The summed E-state index contributed by atoms with van der Waals surface area (Å²) in [5, 5.41) is 6.05. The third-order valence-corrected chi connectivity index (χ3v) is 3.12. The van der Waals surface area contributed by atoms with Gasteiger partial charge < -0.3 is 5.32 Å². The Kier molecular flexibility index (Phi) is 2.97. The Labute approximate surface area is 107 Å². The van der Waals surface area contributed by atoms with Crippen molar-refractivity contribution in [1.29, 1.82) is 0 Å². The molecule has 3 aromatic rings. The summed E-state index contributed by atoms with van der Waals surface area (Å²) in [4.78, 5) is 0. The van der Waals surface area contributed by atoms with E-state index in [0.29, 0.717) is 0 Å². The zero-order chi connectivity index (χ0) is 12.2. The van der Waals surface area contributed by atoms with Crippen LogP contribution in [0.3, 0.4) is 0 Å². The highest BCUT2D eigenvalue weighted by Crippen LogP contribution is 2.23. The van der Waals surface area contributed by atoms with Crippen LogP contribution in [0.4, 0.5) is 5.69 Å². The maximum Gasteiger partial charge on any atom is 0.0422 e. The van der Waals surface area contributed by atoms with Gasteiger partial charge in [0.25, 0.3) is 0 Å². The lowest BCUT2D eigenvalue weighted by molar-refractivity contribution is 1.15. The van der Waals surface area contributed by atoms with E-state index < -0.39 is 0 Å². The lowest BCUT2D eigenvalue weighted by atomic mass is 10.1. The Morgan fingerprint density at radius 3 is 2.28 bits per heavy atom. The van der Waals surface area contributed by atoms with E-state index in [2.05, 4.69) is 72.0 Å². The van der Waals surface area contributed by atoms with E-state index in [1.165, 1.54) is 22.0 Å². The Balaban J connectivity index is 1.87. The summed E-state index contributed by atoms with van der Waals surface area (Å²) >= 11 is 0. The van der Waals surface area contributed by atoms with Crippen molar-refractivity contribution in [1.82, 2.24) is 0 Å². The van der Waals surface area contributed by atoms with Crippen molar-refractivity contribution in [2.24, 2.45) is 0 Å². The molecule has 0 heterocycles. The van der Waals surface area contributed by atoms with Gasteiger partial charge in [0, 0.05) is 17.6 Å². The van der Waals surface area contributed by atoms with Crippen LogP contribution in [0.2, 0.25) is 0 Å². The maximum atomic E-state index is 3.50. The third-order valence-electron chi connectivity index (χ3n) is 3.12. The molecular formula is C17H15N. The number of fused-ring (bicyclic) bond motifs is 1. The van der Waals surface area contributed by atoms with Gasteiger partial charge in [-0.25, -0.2) is 0 Å². The van der Waals surface area contributed by atoms with E-state index in [4.69, 9.17) is 0 Å². The van der Waals surface area contributed by atoms with Crippen LogP contribution in [0.25, 0.3) is 10.8 Å². The first-order valence-electron chi connectivity index (χ1n) is 6.19. The number of anilines is 1. The molecule has 1 heteroatoms. The second-order valence-corrected chi connectivity index (χ2v) is 4.37. The molecule has 0 atom stereocenters. The minimum absolute atomic E-state index is 0.856. The van der Waals surface area contributed by atoms with E-state index in [-0.39, 0.29) is 0 Å². The van der Waals surface area contributed by atoms with Crippen molar-refractivity contribution in [3.05, 3.63) is 78.4 Å². The van der Waals surface area contributed by atoms with Gasteiger partial charge in [0.05, 0.1) is 0 Å². The molecule has 0 radical (unpaired) electrons. The lowest BCUT2D eigenvalue weighted by Crippen LogP contribution is -1.99. The summed E-state index contributed by atoms with van der Waals surface area (Å²) in [5.74, 6) is 0. The van der Waals surface area contributed by atoms with Crippen molar-refractivity contribution in [3.63, 3.8) is 0 Å². The molecule has 0 spiro atoms. The fourth-order valence-corrected chi connectivity index (χ4v) is 2.17. The molecule has 0 aromatic heterocycles. The van der Waals surface area contributed by atoms with Gasteiger partial charge >= 0.3 is 0 Å². The van der Waals surface area contributed by atoms with Crippen LogP contribution < -0.4 is 5.32 Å². The molecule has 0 bridgehead atoms. The van der Waals surface area contributed by atoms with Crippen LogP contribution in [0, 0.1) is 0 Å². The van der Waals surface area contributed by atoms with Gasteiger partial charge in [-0.2, -0.15) is 0 Å². The van der Waals surface area contributed by atoms with Crippen LogP contribution in [0.1, 0.15) is 5.56 Å². The normalized spacial score (nSPS) is 10.4. The summed E-state index contributed by atoms with van der Waals surface area (Å²) in [6.07, 6.45) is 0. The van der Waals surface area contributed by atoms with Gasteiger partial charge in [0.2, 0.25) is 0 Å². The van der Waals surface area contributed by atoms with Gasteiger partial charge in [-0.1, -0.05) is 66.7 Å². The van der Waals surface area contributed by atoms with E-state index in [1.807, 2.05) is 6.07 Å². The molecule has 0 saturated heterocycles. The second-order valence-electron chi connectivity index (χ2n) is 4.37. The summed E-state index contributed by atoms with van der Waals surface area (Å²) in [5.41, 5.74) is 2.49. The molecular weight excluding hydrogens is 218 g/mol. The van der Waals surface area contributed by atoms with E-state index >= 15 is 0 Å². The second kappa shape index (κ2) is 4.92. The first kappa shape index (κ1) is 10.8. The van der Waals surface area contributed by atoms with Gasteiger partial charge in [-0.3, -0.25) is 0 Å². The standard InChI is InChI=1S/C17H15N/c1-2-7-14(8-3-1)13-18-17-12-6-10-15-9-4-5-11-16(15)17/h1-12,18H,13H2. The molecule has 0 aliphatic rings. The van der Waals surface area contributed by atoms with Crippen molar-refractivity contribution >= 4 is 16.5 Å². The van der Waals surface area contributed by atoms with Gasteiger partial charge in [0.1, 0.15) is 0 Å². The predicted molar refractivity (Wildman–Crippen MR) is 77.7 cm³/mol. The van der Waals surface area contributed by atoms with Crippen LogP contribution in [0.15, 0.2) is 72.8 Å². The fourth-order valence-electron chi connectivity index (χ4n) is 2.17. The first-order valence-corrected chi connectivity index (χ1v) is 6.19. The van der Waals surface area contributed by atoms with E-state index in [1.54, 1.807) is 0 Å². The predicted octanol–water partition coefficient (Wildman–Crippen LogP) is 4.45. The van der Waals surface area contributed by atoms with Gasteiger partial charge in [-0.05, 0) is 17.0 Å². The Morgan fingerprint density at radius 1 is 0.667 bits per heavy atom. The number of rotatable bonds is 3. The average molecular weight is 233 g/mol. The minimum atomic E-state index is 0.856. The minimum Gasteiger partial charge on any atom is -0.380 e. The van der Waals surface area contributed by atoms with Crippen molar-refractivity contribution in [3.8, 4) is 0 Å². The van der Waals surface area contributed by atoms with Crippen LogP contribution in [0.5, 0.6) is 0 Å². The highest BCUT2D eigenvalue weighted by atomic mass is 14.9. The number of hydrogen-bond acceptors (Lipinski definition) is 1. The number of nitrogens with one attached hydrogen (secondary N) is 1. The summed E-state index contributed by atoms with van der Waals surface area (Å²) < 4.78 is 0. The fraction of sp³-hybridized carbons (Fsp3) is 0.0588. The Morgan fingerprint density at radius 2 is 1.39 bits per heavy atom. The van der Waals surface area contributed by atoms with E-state index in [9.17, 15) is 0 Å². The number of benzene rings is 3. The summed E-state index contributed by atoms with van der Waals surface area (Å²) in [7, 11) is 0. The molecule has 0 saturated carbocycles. The molecule has 1 N–H and O–H groups in total. The summed E-state index contributed by atoms with van der Waals surface area (Å²) in [6.45, 7) is 0.856. The molecule has 0 unspecified atom stereocenters. The molecule has 0 aliphatic heterocycles. The SMILES string of the molecule is c1ccc(CNc2cccc3ccccc23)cc1. The lowest BCUT2D eigenvalue weighted by Gasteiger charge is -2.09. The smallest absolute Gasteiger partial charge is 0.0422 e. The molecule has 3 rings (SSSR count). The van der Waals surface area contributed by atoms with Crippen molar-refractivity contribution in [2.75, 3.05) is 5.32 Å². The van der Waals surface area contributed by atoms with Gasteiger partial charge in [-0.15, -0.1) is 0 Å². The molecule has 0 fully saturated rings.